The number of nitrogens with two attached hydrogens (primary N) is 1. The lowest BCUT2D eigenvalue weighted by Gasteiger charge is -2.35. The first-order chi connectivity index (χ1) is 18.7. The highest BCUT2D eigenvalue weighted by molar-refractivity contribution is 6.33. The van der Waals surface area contributed by atoms with E-state index in [1.54, 1.807) is 12.1 Å². The lowest BCUT2D eigenvalue weighted by Crippen LogP contribution is -2.39. The minimum absolute atomic E-state index is 0.192. The van der Waals surface area contributed by atoms with Crippen LogP contribution >= 0.6 is 11.6 Å². The maximum Gasteiger partial charge on any atom is 0.227 e. The highest BCUT2D eigenvalue weighted by Crippen LogP contribution is 2.40. The largest absolute Gasteiger partial charge is 0.398 e. The van der Waals surface area contributed by atoms with Crippen LogP contribution in [0, 0.1) is 25.5 Å². The van der Waals surface area contributed by atoms with Gasteiger partial charge in [-0.2, -0.15) is 0 Å². The standard InChI is InChI=1S/C29H24ClF2N5O2/c1-15-28(16(2)39-35-15)17-6-11-25-24(12-17)34-29(37(25)18-8-10-23(33)20(30)13-18)26-4-3-5-27(38)36(26)19-7-9-21(31)22(32)14-19/h6-14,26H,3-5,33H2,1-2H3/t26-/m0/s1. The summed E-state index contributed by atoms with van der Waals surface area (Å²) in [6.45, 7) is 3.73. The van der Waals surface area contributed by atoms with Crippen molar-refractivity contribution >= 4 is 39.9 Å². The summed E-state index contributed by atoms with van der Waals surface area (Å²) in [4.78, 5) is 19.8. The Morgan fingerprint density at radius 3 is 2.54 bits per heavy atom. The van der Waals surface area contributed by atoms with E-state index in [1.165, 1.54) is 11.0 Å². The van der Waals surface area contributed by atoms with E-state index in [1.807, 2.05) is 42.7 Å². The van der Waals surface area contributed by atoms with Gasteiger partial charge in [0.2, 0.25) is 5.91 Å². The molecule has 7 nitrogen and oxygen atoms in total. The lowest BCUT2D eigenvalue weighted by molar-refractivity contribution is -0.120. The number of aromatic nitrogens is 3. The van der Waals surface area contributed by atoms with Gasteiger partial charge < -0.3 is 15.2 Å². The molecule has 1 saturated heterocycles. The Labute approximate surface area is 227 Å². The van der Waals surface area contributed by atoms with Crippen LogP contribution in [-0.2, 0) is 4.79 Å². The molecule has 3 heterocycles. The molecule has 10 heteroatoms. The molecule has 1 aliphatic rings. The fraction of sp³-hybridized carbons (Fsp3) is 0.207. The van der Waals surface area contributed by atoms with Gasteiger partial charge in [0.15, 0.2) is 11.6 Å². The third-order valence-electron chi connectivity index (χ3n) is 7.17. The van der Waals surface area contributed by atoms with E-state index in [9.17, 15) is 13.6 Å². The van der Waals surface area contributed by atoms with Crippen LogP contribution in [0.2, 0.25) is 5.02 Å². The Balaban J connectivity index is 1.58. The van der Waals surface area contributed by atoms with E-state index in [4.69, 9.17) is 26.8 Å². The maximum absolute atomic E-state index is 14.3. The number of carbonyl (C=O) groups is 1. The van der Waals surface area contributed by atoms with Gasteiger partial charge in [-0.1, -0.05) is 22.8 Å². The second-order valence-electron chi connectivity index (χ2n) is 9.68. The van der Waals surface area contributed by atoms with Gasteiger partial charge in [-0.25, -0.2) is 13.8 Å². The van der Waals surface area contributed by atoms with Gasteiger partial charge in [0.25, 0.3) is 0 Å². The summed E-state index contributed by atoms with van der Waals surface area (Å²) >= 11 is 6.41. The summed E-state index contributed by atoms with van der Waals surface area (Å²) in [6.07, 6.45) is 1.49. The summed E-state index contributed by atoms with van der Waals surface area (Å²) < 4.78 is 35.3. The number of piperidine rings is 1. The molecule has 0 radical (unpaired) electrons. The smallest absolute Gasteiger partial charge is 0.227 e. The molecule has 0 aliphatic carbocycles. The van der Waals surface area contributed by atoms with E-state index in [0.717, 1.165) is 34.5 Å². The quantitative estimate of drug-likeness (QED) is 0.243. The first-order valence-corrected chi connectivity index (χ1v) is 12.9. The summed E-state index contributed by atoms with van der Waals surface area (Å²) in [7, 11) is 0. The Kier molecular flexibility index (Phi) is 6.10. The zero-order chi connectivity index (χ0) is 27.4. The van der Waals surface area contributed by atoms with Crippen LogP contribution in [0.1, 0.15) is 42.6 Å². The number of amides is 1. The van der Waals surface area contributed by atoms with Gasteiger partial charge in [0, 0.05) is 29.4 Å². The van der Waals surface area contributed by atoms with Gasteiger partial charge in [0.05, 0.1) is 33.5 Å². The predicted octanol–water partition coefficient (Wildman–Crippen LogP) is 7.07. The van der Waals surface area contributed by atoms with E-state index in [-0.39, 0.29) is 11.6 Å². The molecule has 6 rings (SSSR count). The zero-order valence-corrected chi connectivity index (χ0v) is 22.0. The molecule has 3 aromatic carbocycles. The SMILES string of the molecule is Cc1noc(C)c1-c1ccc2c(c1)nc([C@@H]1CCCC(=O)N1c1ccc(F)c(F)c1)n2-c1ccc(N)c(Cl)c1. The minimum Gasteiger partial charge on any atom is -0.398 e. The number of anilines is 2. The van der Waals surface area contributed by atoms with Crippen LogP contribution in [0.5, 0.6) is 0 Å². The third kappa shape index (κ3) is 4.23. The van der Waals surface area contributed by atoms with E-state index < -0.39 is 17.7 Å². The van der Waals surface area contributed by atoms with Crippen molar-refractivity contribution in [3.63, 3.8) is 0 Å². The molecule has 0 spiro atoms. The molecular weight excluding hydrogens is 524 g/mol. The second-order valence-corrected chi connectivity index (χ2v) is 10.1. The molecule has 1 fully saturated rings. The molecule has 1 amide bonds. The number of hydrogen-bond donors (Lipinski definition) is 1. The number of carbonyl (C=O) groups excluding carboxylic acids is 1. The molecule has 2 N–H and O–H groups in total. The Bertz CT molecular complexity index is 1740. The summed E-state index contributed by atoms with van der Waals surface area (Å²) in [6, 6.07) is 14.1. The first-order valence-electron chi connectivity index (χ1n) is 12.5. The summed E-state index contributed by atoms with van der Waals surface area (Å²) in [5.74, 6) is -0.927. The van der Waals surface area contributed by atoms with Crippen LogP contribution in [0.15, 0.2) is 59.1 Å². The second kappa shape index (κ2) is 9.50. The molecule has 0 bridgehead atoms. The Hall–Kier alpha value is -4.24. The average Bonchev–Trinajstić information content (AvgIpc) is 3.46. The number of fused-ring (bicyclic) bond motifs is 1. The number of imidazole rings is 1. The molecule has 5 aromatic rings. The van der Waals surface area contributed by atoms with Crippen molar-refractivity contribution in [3.8, 4) is 16.8 Å². The lowest BCUT2D eigenvalue weighted by atomic mass is 9.99. The molecule has 0 saturated carbocycles. The topological polar surface area (TPSA) is 90.2 Å². The van der Waals surface area contributed by atoms with Crippen molar-refractivity contribution in [1.29, 1.82) is 0 Å². The van der Waals surface area contributed by atoms with Gasteiger partial charge in [0.1, 0.15) is 11.6 Å². The number of hydrogen-bond acceptors (Lipinski definition) is 5. The zero-order valence-electron chi connectivity index (χ0n) is 21.2. The predicted molar refractivity (Wildman–Crippen MR) is 146 cm³/mol. The van der Waals surface area contributed by atoms with Gasteiger partial charge in [-0.3, -0.25) is 9.36 Å². The fourth-order valence-corrected chi connectivity index (χ4v) is 5.55. The minimum atomic E-state index is -1.02. The van der Waals surface area contributed by atoms with Crippen molar-refractivity contribution in [2.75, 3.05) is 10.6 Å². The Morgan fingerprint density at radius 1 is 1.03 bits per heavy atom. The van der Waals surface area contributed by atoms with Crippen LogP contribution in [0.3, 0.4) is 0 Å². The van der Waals surface area contributed by atoms with Gasteiger partial charge >= 0.3 is 0 Å². The maximum atomic E-state index is 14.3. The summed E-state index contributed by atoms with van der Waals surface area (Å²) in [5.41, 5.74) is 11.4. The molecule has 2 aromatic heterocycles. The Morgan fingerprint density at radius 2 is 1.82 bits per heavy atom. The number of rotatable bonds is 4. The average molecular weight is 548 g/mol. The molecule has 0 unspecified atom stereocenters. The normalized spacial score (nSPS) is 15.9. The number of nitrogens with zero attached hydrogens (tertiary/aromatic N) is 4. The first kappa shape index (κ1) is 25.1. The van der Waals surface area contributed by atoms with Crippen molar-refractivity contribution in [2.24, 2.45) is 0 Å². The molecule has 1 aliphatic heterocycles. The highest BCUT2D eigenvalue weighted by Gasteiger charge is 2.35. The number of halogens is 3. The van der Waals surface area contributed by atoms with Crippen LogP contribution in [0.4, 0.5) is 20.2 Å². The number of benzene rings is 3. The fourth-order valence-electron chi connectivity index (χ4n) is 5.37. The van der Waals surface area contributed by atoms with Crippen molar-refractivity contribution in [2.45, 2.75) is 39.2 Å². The van der Waals surface area contributed by atoms with E-state index in [0.29, 0.717) is 52.8 Å². The highest BCUT2D eigenvalue weighted by atomic mass is 35.5. The summed E-state index contributed by atoms with van der Waals surface area (Å²) in [5, 5.41) is 4.45. The van der Waals surface area contributed by atoms with Gasteiger partial charge in [-0.15, -0.1) is 0 Å². The monoisotopic (exact) mass is 547 g/mol. The number of nitrogen functional groups attached to an aromatic ring is 1. The van der Waals surface area contributed by atoms with Crippen molar-refractivity contribution in [1.82, 2.24) is 14.7 Å². The van der Waals surface area contributed by atoms with Crippen LogP contribution in [-0.4, -0.2) is 20.6 Å². The van der Waals surface area contributed by atoms with Crippen molar-refractivity contribution < 1.29 is 18.1 Å². The van der Waals surface area contributed by atoms with Crippen LogP contribution in [0.25, 0.3) is 27.8 Å². The molecule has 1 atom stereocenters. The van der Waals surface area contributed by atoms with E-state index in [2.05, 4.69) is 5.16 Å². The molecule has 39 heavy (non-hydrogen) atoms. The van der Waals surface area contributed by atoms with Crippen LogP contribution < -0.4 is 10.6 Å². The molecule has 198 valence electrons. The van der Waals surface area contributed by atoms with Gasteiger partial charge in [-0.05, 0) is 74.7 Å². The molecular formula is C29H24ClF2N5O2. The van der Waals surface area contributed by atoms with E-state index >= 15 is 0 Å². The number of aryl methyl sites for hydroxylation is 2. The third-order valence-corrected chi connectivity index (χ3v) is 7.50. The van der Waals surface area contributed by atoms with Crippen molar-refractivity contribution in [3.05, 3.63) is 88.5 Å².